The quantitative estimate of drug-likeness (QED) is 0.621. The number of amides is 1. The number of thioether (sulfide) groups is 1. The van der Waals surface area contributed by atoms with Crippen molar-refractivity contribution in [2.75, 3.05) is 12.3 Å². The molecule has 0 heterocycles. The Kier molecular flexibility index (Phi) is 5.03. The summed E-state index contributed by atoms with van der Waals surface area (Å²) in [4.78, 5) is 22.5. The highest BCUT2D eigenvalue weighted by atomic mass is 32.2. The topological polar surface area (TPSA) is 66.4 Å². The summed E-state index contributed by atoms with van der Waals surface area (Å²) in [6.07, 6.45) is 0. The van der Waals surface area contributed by atoms with Gasteiger partial charge in [0.05, 0.1) is 5.56 Å². The van der Waals surface area contributed by atoms with Crippen LogP contribution >= 0.6 is 11.8 Å². The van der Waals surface area contributed by atoms with Gasteiger partial charge in [-0.15, -0.1) is 11.8 Å². The minimum atomic E-state index is -0.910. The maximum absolute atomic E-state index is 10.9. The smallest absolute Gasteiger partial charge is 0.335 e. The fraction of sp³-hybridized carbons (Fsp3) is 0.333. The molecule has 0 saturated carbocycles. The van der Waals surface area contributed by atoms with Gasteiger partial charge in [0.15, 0.2) is 0 Å². The van der Waals surface area contributed by atoms with Crippen LogP contribution in [0.2, 0.25) is 0 Å². The van der Waals surface area contributed by atoms with Gasteiger partial charge in [-0.1, -0.05) is 6.07 Å². The van der Waals surface area contributed by atoms with Crippen molar-refractivity contribution in [3.05, 3.63) is 29.3 Å². The van der Waals surface area contributed by atoms with E-state index in [-0.39, 0.29) is 5.91 Å². The van der Waals surface area contributed by atoms with Gasteiger partial charge in [-0.2, -0.15) is 0 Å². The van der Waals surface area contributed by atoms with Crippen LogP contribution in [0.5, 0.6) is 0 Å². The van der Waals surface area contributed by atoms with Gasteiger partial charge in [-0.3, -0.25) is 4.79 Å². The lowest BCUT2D eigenvalue weighted by Crippen LogP contribution is -2.22. The van der Waals surface area contributed by atoms with Gasteiger partial charge < -0.3 is 10.4 Å². The molecule has 2 N–H and O–H groups in total. The van der Waals surface area contributed by atoms with Crippen LogP contribution in [-0.2, 0) is 4.79 Å². The molecular weight excluding hydrogens is 238 g/mol. The molecule has 0 aliphatic heterocycles. The molecule has 0 aliphatic carbocycles. The van der Waals surface area contributed by atoms with Crippen LogP contribution in [0.1, 0.15) is 22.8 Å². The summed E-state index contributed by atoms with van der Waals surface area (Å²) in [5.74, 6) is -0.241. The molecule has 1 rings (SSSR count). The molecule has 4 nitrogen and oxygen atoms in total. The predicted octanol–water partition coefficient (Wildman–Crippen LogP) is 1.92. The summed E-state index contributed by atoms with van der Waals surface area (Å²) >= 11 is 1.52. The van der Waals surface area contributed by atoms with Crippen LogP contribution in [0.25, 0.3) is 0 Å². The van der Waals surface area contributed by atoms with E-state index in [1.54, 1.807) is 19.1 Å². The predicted molar refractivity (Wildman–Crippen MR) is 67.5 cm³/mol. The van der Waals surface area contributed by atoms with Gasteiger partial charge in [0.2, 0.25) is 5.91 Å². The van der Waals surface area contributed by atoms with Crippen LogP contribution in [0, 0.1) is 6.92 Å². The van der Waals surface area contributed by atoms with Crippen LogP contribution in [-0.4, -0.2) is 29.3 Å². The minimum Gasteiger partial charge on any atom is -0.478 e. The highest BCUT2D eigenvalue weighted by Crippen LogP contribution is 2.21. The van der Waals surface area contributed by atoms with Crippen molar-refractivity contribution in [2.45, 2.75) is 18.7 Å². The van der Waals surface area contributed by atoms with E-state index in [2.05, 4.69) is 5.32 Å². The summed E-state index contributed by atoms with van der Waals surface area (Å²) in [6.45, 7) is 3.82. The SMILES string of the molecule is CC(=O)NCCSc1ccc(C)c(C(=O)O)c1. The molecular formula is C12H15NO3S. The lowest BCUT2D eigenvalue weighted by Gasteiger charge is -2.05. The Bertz CT molecular complexity index is 432. The molecule has 0 aliphatic rings. The first-order valence-corrected chi connectivity index (χ1v) is 6.20. The number of carboxylic acids is 1. The van der Waals surface area contributed by atoms with Crippen molar-refractivity contribution >= 4 is 23.6 Å². The van der Waals surface area contributed by atoms with Crippen molar-refractivity contribution in [1.82, 2.24) is 5.32 Å². The number of hydrogen-bond acceptors (Lipinski definition) is 3. The third-order valence-corrected chi connectivity index (χ3v) is 3.18. The first-order valence-electron chi connectivity index (χ1n) is 5.22. The second-order valence-electron chi connectivity index (χ2n) is 3.61. The largest absolute Gasteiger partial charge is 0.478 e. The first-order chi connectivity index (χ1) is 8.00. The number of aryl methyl sites for hydroxylation is 1. The highest BCUT2D eigenvalue weighted by Gasteiger charge is 2.07. The van der Waals surface area contributed by atoms with Crippen molar-refractivity contribution in [1.29, 1.82) is 0 Å². The van der Waals surface area contributed by atoms with E-state index in [0.29, 0.717) is 12.1 Å². The molecule has 0 bridgehead atoms. The van der Waals surface area contributed by atoms with E-state index in [4.69, 9.17) is 5.11 Å². The van der Waals surface area contributed by atoms with E-state index in [1.807, 2.05) is 6.07 Å². The molecule has 0 fully saturated rings. The van der Waals surface area contributed by atoms with Crippen LogP contribution < -0.4 is 5.32 Å². The Morgan fingerprint density at radius 2 is 2.12 bits per heavy atom. The Labute approximate surface area is 104 Å². The molecule has 0 atom stereocenters. The number of nitrogens with one attached hydrogen (secondary N) is 1. The maximum Gasteiger partial charge on any atom is 0.335 e. The Hall–Kier alpha value is -1.49. The molecule has 1 aromatic rings. The molecule has 0 unspecified atom stereocenters. The van der Waals surface area contributed by atoms with Gasteiger partial charge in [-0.25, -0.2) is 4.79 Å². The van der Waals surface area contributed by atoms with Crippen LogP contribution in [0.15, 0.2) is 23.1 Å². The normalized spacial score (nSPS) is 10.0. The van der Waals surface area contributed by atoms with Gasteiger partial charge in [0, 0.05) is 24.1 Å². The molecule has 0 aromatic heterocycles. The summed E-state index contributed by atoms with van der Waals surface area (Å²) in [5, 5.41) is 11.7. The van der Waals surface area contributed by atoms with Crippen molar-refractivity contribution in [2.24, 2.45) is 0 Å². The zero-order chi connectivity index (χ0) is 12.8. The Balaban J connectivity index is 2.57. The summed E-state index contributed by atoms with van der Waals surface area (Å²) in [7, 11) is 0. The second kappa shape index (κ2) is 6.30. The Morgan fingerprint density at radius 3 is 2.71 bits per heavy atom. The molecule has 1 aromatic carbocycles. The standard InChI is InChI=1S/C12H15NO3S/c1-8-3-4-10(7-11(8)12(15)16)17-6-5-13-9(2)14/h3-4,7H,5-6H2,1-2H3,(H,13,14)(H,15,16). The van der Waals surface area contributed by atoms with Crippen LogP contribution in [0.4, 0.5) is 0 Å². The number of rotatable bonds is 5. The zero-order valence-corrected chi connectivity index (χ0v) is 10.6. The molecule has 1 amide bonds. The number of carbonyl (C=O) groups is 2. The third kappa shape index (κ3) is 4.48. The highest BCUT2D eigenvalue weighted by molar-refractivity contribution is 7.99. The van der Waals surface area contributed by atoms with Gasteiger partial charge in [0.1, 0.15) is 0 Å². The molecule has 0 saturated heterocycles. The summed E-state index contributed by atoms with van der Waals surface area (Å²) in [6, 6.07) is 5.35. The Morgan fingerprint density at radius 1 is 1.41 bits per heavy atom. The van der Waals surface area contributed by atoms with Gasteiger partial charge in [-0.05, 0) is 24.6 Å². The average Bonchev–Trinajstić information content (AvgIpc) is 2.25. The number of hydrogen-bond donors (Lipinski definition) is 2. The third-order valence-electron chi connectivity index (χ3n) is 2.18. The zero-order valence-electron chi connectivity index (χ0n) is 9.82. The molecule has 0 spiro atoms. The first kappa shape index (κ1) is 13.6. The minimum absolute atomic E-state index is 0.0549. The van der Waals surface area contributed by atoms with Gasteiger partial charge in [0.25, 0.3) is 0 Å². The van der Waals surface area contributed by atoms with Crippen molar-refractivity contribution in [3.63, 3.8) is 0 Å². The fourth-order valence-corrected chi connectivity index (χ4v) is 2.12. The fourth-order valence-electron chi connectivity index (χ4n) is 1.32. The van der Waals surface area contributed by atoms with Crippen molar-refractivity contribution < 1.29 is 14.7 Å². The lowest BCUT2D eigenvalue weighted by molar-refractivity contribution is -0.118. The van der Waals surface area contributed by atoms with Gasteiger partial charge >= 0.3 is 5.97 Å². The maximum atomic E-state index is 10.9. The van der Waals surface area contributed by atoms with Crippen molar-refractivity contribution in [3.8, 4) is 0 Å². The number of carbonyl (C=O) groups excluding carboxylic acids is 1. The molecule has 92 valence electrons. The molecule has 5 heteroatoms. The number of benzene rings is 1. The van der Waals surface area contributed by atoms with E-state index in [9.17, 15) is 9.59 Å². The lowest BCUT2D eigenvalue weighted by atomic mass is 10.1. The summed E-state index contributed by atoms with van der Waals surface area (Å²) in [5.41, 5.74) is 1.08. The second-order valence-corrected chi connectivity index (χ2v) is 4.78. The molecule has 17 heavy (non-hydrogen) atoms. The van der Waals surface area contributed by atoms with E-state index >= 15 is 0 Å². The van der Waals surface area contributed by atoms with E-state index < -0.39 is 5.97 Å². The monoisotopic (exact) mass is 253 g/mol. The van der Waals surface area contributed by atoms with Crippen LogP contribution in [0.3, 0.4) is 0 Å². The average molecular weight is 253 g/mol. The number of aromatic carboxylic acids is 1. The van der Waals surface area contributed by atoms with E-state index in [0.717, 1.165) is 16.2 Å². The number of carboxylic acid groups (broad SMARTS) is 1. The molecule has 0 radical (unpaired) electrons. The summed E-state index contributed by atoms with van der Waals surface area (Å²) < 4.78 is 0. The van der Waals surface area contributed by atoms with E-state index in [1.165, 1.54) is 18.7 Å².